The molecule has 3 nitrogen and oxygen atoms in total. The van der Waals surface area contributed by atoms with E-state index in [0.717, 1.165) is 38.9 Å². The molecule has 0 spiro atoms. The van der Waals surface area contributed by atoms with Crippen LogP contribution in [0.5, 0.6) is 0 Å². The Morgan fingerprint density at radius 2 is 2.17 bits per heavy atom. The van der Waals surface area contributed by atoms with E-state index in [1.165, 1.54) is 0 Å². The van der Waals surface area contributed by atoms with Gasteiger partial charge in [0, 0.05) is 32.2 Å². The maximum Gasteiger partial charge on any atom is 0.121 e. The first-order valence-corrected chi connectivity index (χ1v) is 4.56. The van der Waals surface area contributed by atoms with Gasteiger partial charge >= 0.3 is 0 Å². The lowest BCUT2D eigenvalue weighted by atomic mass is 10.1. The molecule has 1 aliphatic heterocycles. The zero-order valence-electron chi connectivity index (χ0n) is 7.66. The Hall–Kier alpha value is -0.410. The van der Waals surface area contributed by atoms with E-state index in [-0.39, 0.29) is 0 Å². The Bertz CT molecular complexity index is 132. The van der Waals surface area contributed by atoms with Gasteiger partial charge in [0.15, 0.2) is 0 Å². The molecule has 0 aromatic heterocycles. The van der Waals surface area contributed by atoms with E-state index in [2.05, 4.69) is 11.9 Å². The number of nitrogens with zero attached hydrogens (tertiary/aromatic N) is 1. The van der Waals surface area contributed by atoms with Gasteiger partial charge in [0.05, 0.1) is 0 Å². The third-order valence-corrected chi connectivity index (χ3v) is 2.41. The summed E-state index contributed by atoms with van der Waals surface area (Å²) in [5, 5.41) is 0. The third-order valence-electron chi connectivity index (χ3n) is 2.41. The van der Waals surface area contributed by atoms with Gasteiger partial charge in [-0.05, 0) is 19.9 Å². The lowest BCUT2D eigenvalue weighted by Crippen LogP contribution is -2.37. The number of carbonyl (C=O) groups excluding carboxylic acids is 1. The van der Waals surface area contributed by atoms with Crippen LogP contribution < -0.4 is 0 Å². The summed E-state index contributed by atoms with van der Waals surface area (Å²) in [5.74, 6) is 0. The van der Waals surface area contributed by atoms with E-state index >= 15 is 0 Å². The zero-order valence-corrected chi connectivity index (χ0v) is 7.66. The van der Waals surface area contributed by atoms with Crippen molar-refractivity contribution in [1.29, 1.82) is 0 Å². The highest BCUT2D eigenvalue weighted by Gasteiger charge is 2.17. The molecule has 0 atom stereocenters. The highest BCUT2D eigenvalue weighted by Crippen LogP contribution is 2.12. The SMILES string of the molecule is CN(CCC=O)C1CCOCC1. The van der Waals surface area contributed by atoms with Crippen molar-refractivity contribution in [1.82, 2.24) is 4.90 Å². The van der Waals surface area contributed by atoms with Crippen molar-refractivity contribution < 1.29 is 9.53 Å². The fraction of sp³-hybridized carbons (Fsp3) is 0.889. The third kappa shape index (κ3) is 2.91. The minimum absolute atomic E-state index is 0.624. The lowest BCUT2D eigenvalue weighted by molar-refractivity contribution is -0.108. The molecule has 3 heteroatoms. The Labute approximate surface area is 73.7 Å². The fourth-order valence-corrected chi connectivity index (χ4v) is 1.56. The Balaban J connectivity index is 2.19. The van der Waals surface area contributed by atoms with Crippen LogP contribution in [0.4, 0.5) is 0 Å². The van der Waals surface area contributed by atoms with Crippen LogP contribution in [0, 0.1) is 0 Å². The van der Waals surface area contributed by atoms with Gasteiger partial charge in [-0.3, -0.25) is 0 Å². The number of aldehydes is 1. The lowest BCUT2D eigenvalue weighted by Gasteiger charge is -2.30. The van der Waals surface area contributed by atoms with Crippen LogP contribution in [-0.2, 0) is 9.53 Å². The monoisotopic (exact) mass is 171 g/mol. The van der Waals surface area contributed by atoms with Crippen molar-refractivity contribution in [3.63, 3.8) is 0 Å². The van der Waals surface area contributed by atoms with Crippen LogP contribution in [0.3, 0.4) is 0 Å². The van der Waals surface area contributed by atoms with E-state index in [9.17, 15) is 4.79 Å². The topological polar surface area (TPSA) is 29.5 Å². The fourth-order valence-electron chi connectivity index (χ4n) is 1.56. The average molecular weight is 171 g/mol. The number of ether oxygens (including phenoxy) is 1. The second-order valence-corrected chi connectivity index (χ2v) is 3.28. The molecule has 0 amide bonds. The van der Waals surface area contributed by atoms with E-state index in [1.807, 2.05) is 0 Å². The Morgan fingerprint density at radius 1 is 1.50 bits per heavy atom. The summed E-state index contributed by atoms with van der Waals surface area (Å²) in [6.07, 6.45) is 3.84. The van der Waals surface area contributed by atoms with Crippen LogP contribution in [0.25, 0.3) is 0 Å². The molecule has 0 radical (unpaired) electrons. The van der Waals surface area contributed by atoms with Crippen molar-refractivity contribution in [3.05, 3.63) is 0 Å². The largest absolute Gasteiger partial charge is 0.381 e. The van der Waals surface area contributed by atoms with Crippen LogP contribution in [0.1, 0.15) is 19.3 Å². The molecule has 70 valence electrons. The summed E-state index contributed by atoms with van der Waals surface area (Å²) in [5.41, 5.74) is 0. The second kappa shape index (κ2) is 5.27. The summed E-state index contributed by atoms with van der Waals surface area (Å²) in [6.45, 7) is 2.63. The highest BCUT2D eigenvalue weighted by atomic mass is 16.5. The van der Waals surface area contributed by atoms with E-state index < -0.39 is 0 Å². The van der Waals surface area contributed by atoms with Gasteiger partial charge < -0.3 is 14.4 Å². The molecule has 0 aromatic carbocycles. The highest BCUT2D eigenvalue weighted by molar-refractivity contribution is 5.49. The summed E-state index contributed by atoms with van der Waals surface area (Å²) in [4.78, 5) is 12.4. The Kier molecular flexibility index (Phi) is 4.25. The summed E-state index contributed by atoms with van der Waals surface area (Å²) >= 11 is 0. The molecule has 12 heavy (non-hydrogen) atoms. The molecule has 1 heterocycles. The van der Waals surface area contributed by atoms with Gasteiger partial charge in [-0.25, -0.2) is 0 Å². The van der Waals surface area contributed by atoms with Gasteiger partial charge in [0.2, 0.25) is 0 Å². The first-order valence-electron chi connectivity index (χ1n) is 4.56. The number of rotatable bonds is 4. The average Bonchev–Trinajstić information content (AvgIpc) is 2.15. The van der Waals surface area contributed by atoms with Gasteiger partial charge in [0.1, 0.15) is 6.29 Å². The quantitative estimate of drug-likeness (QED) is 0.583. The van der Waals surface area contributed by atoms with Gasteiger partial charge in [-0.2, -0.15) is 0 Å². The molecular weight excluding hydrogens is 154 g/mol. The van der Waals surface area contributed by atoms with Crippen molar-refractivity contribution in [2.45, 2.75) is 25.3 Å². The predicted molar refractivity (Wildman–Crippen MR) is 47.2 cm³/mol. The van der Waals surface area contributed by atoms with Crippen molar-refractivity contribution in [2.75, 3.05) is 26.8 Å². The summed E-state index contributed by atoms with van der Waals surface area (Å²) in [6, 6.07) is 0.624. The molecule has 0 saturated carbocycles. The summed E-state index contributed by atoms with van der Waals surface area (Å²) in [7, 11) is 2.08. The second-order valence-electron chi connectivity index (χ2n) is 3.28. The molecule has 0 aliphatic carbocycles. The minimum Gasteiger partial charge on any atom is -0.381 e. The predicted octanol–water partition coefficient (Wildman–Crippen LogP) is 0.686. The molecule has 1 fully saturated rings. The van der Waals surface area contributed by atoms with Crippen molar-refractivity contribution in [2.24, 2.45) is 0 Å². The molecule has 0 N–H and O–H groups in total. The standard InChI is InChI=1S/C9H17NO2/c1-10(5-2-6-11)9-3-7-12-8-4-9/h6,9H,2-5,7-8H2,1H3. The molecule has 0 aromatic rings. The normalized spacial score (nSPS) is 19.8. The van der Waals surface area contributed by atoms with Crippen LogP contribution in [-0.4, -0.2) is 44.0 Å². The molecule has 1 aliphatic rings. The number of hydrogen-bond acceptors (Lipinski definition) is 3. The first-order chi connectivity index (χ1) is 5.84. The first kappa shape index (κ1) is 9.68. The van der Waals surface area contributed by atoms with Crippen molar-refractivity contribution >= 4 is 6.29 Å². The Morgan fingerprint density at radius 3 is 2.75 bits per heavy atom. The number of hydrogen-bond donors (Lipinski definition) is 0. The number of carbonyl (C=O) groups is 1. The van der Waals surface area contributed by atoms with Gasteiger partial charge in [0.25, 0.3) is 0 Å². The minimum atomic E-state index is 0.624. The van der Waals surface area contributed by atoms with Crippen LogP contribution in [0.15, 0.2) is 0 Å². The molecule has 1 saturated heterocycles. The van der Waals surface area contributed by atoms with E-state index in [1.54, 1.807) is 0 Å². The molecular formula is C9H17NO2. The maximum atomic E-state index is 10.1. The van der Waals surface area contributed by atoms with Crippen LogP contribution in [0.2, 0.25) is 0 Å². The van der Waals surface area contributed by atoms with E-state index in [4.69, 9.17) is 4.74 Å². The smallest absolute Gasteiger partial charge is 0.121 e. The summed E-state index contributed by atoms with van der Waals surface area (Å²) < 4.78 is 5.26. The van der Waals surface area contributed by atoms with Gasteiger partial charge in [-0.1, -0.05) is 0 Å². The van der Waals surface area contributed by atoms with Crippen molar-refractivity contribution in [3.8, 4) is 0 Å². The van der Waals surface area contributed by atoms with E-state index in [0.29, 0.717) is 12.5 Å². The molecule has 1 rings (SSSR count). The molecule has 0 unspecified atom stereocenters. The van der Waals surface area contributed by atoms with Crippen LogP contribution >= 0.6 is 0 Å². The molecule has 0 bridgehead atoms. The van der Waals surface area contributed by atoms with Gasteiger partial charge in [-0.15, -0.1) is 0 Å². The zero-order chi connectivity index (χ0) is 8.81. The maximum absolute atomic E-state index is 10.1.